The van der Waals surface area contributed by atoms with E-state index in [2.05, 4.69) is 69.1 Å². The maximum atomic E-state index is 13.6. The number of rotatable bonds is 10. The minimum absolute atomic E-state index is 0.104. The van der Waals surface area contributed by atoms with E-state index >= 15 is 0 Å². The number of aromatic nitrogens is 4. The molecular formula is C41H48N8O6. The number of methoxy groups -OCH3 is 2. The molecule has 4 amide bonds. The Hall–Kier alpha value is -5.92. The highest BCUT2D eigenvalue weighted by atomic mass is 16.5. The van der Waals surface area contributed by atoms with Crippen molar-refractivity contribution >= 4 is 45.8 Å². The first kappa shape index (κ1) is 37.4. The first-order valence-electron chi connectivity index (χ1n) is 18.8. The van der Waals surface area contributed by atoms with E-state index in [1.807, 2.05) is 44.9 Å². The molecule has 2 aliphatic rings. The summed E-state index contributed by atoms with van der Waals surface area (Å²) in [4.78, 5) is 70.9. The van der Waals surface area contributed by atoms with Gasteiger partial charge in [0.2, 0.25) is 11.8 Å². The molecule has 0 aliphatic carbocycles. The van der Waals surface area contributed by atoms with Crippen LogP contribution in [0.1, 0.15) is 70.7 Å². The number of hydrogen-bond acceptors (Lipinski definition) is 8. The van der Waals surface area contributed by atoms with Crippen molar-refractivity contribution in [2.75, 3.05) is 27.3 Å². The van der Waals surface area contributed by atoms with E-state index in [0.717, 1.165) is 75.1 Å². The second-order valence-electron chi connectivity index (χ2n) is 15.1. The summed E-state index contributed by atoms with van der Waals surface area (Å²) in [5, 5.41) is 7.53. The minimum atomic E-state index is -0.691. The summed E-state index contributed by atoms with van der Waals surface area (Å²) in [6, 6.07) is 17.0. The summed E-state index contributed by atoms with van der Waals surface area (Å²) < 4.78 is 9.50. The maximum Gasteiger partial charge on any atom is 0.407 e. The van der Waals surface area contributed by atoms with Crippen LogP contribution in [0, 0.1) is 11.8 Å². The standard InChI is InChI=1S/C41H48N8O6/c1-22(2)34(46-40(52)54-5)38(50)48-16-7-8-32(48)36-42-21-31(45-36)28-12-11-24-18-25(9-10-26(24)19-28)27-13-14-29-30(20-27)44-37(43-29)33-15-17-49(33)39(51)35(23(3)4)47-41(53)55-6/h9-14,18-23,32-35H,7-8,15-17H2,1-6H3,(H,42,45)(H,43,44)(H,46,52)(H,47,53)/t32?,33-,34-,35-/m0/s1. The number of ether oxygens (including phenoxy) is 2. The molecule has 3 aromatic carbocycles. The molecule has 7 rings (SSSR count). The van der Waals surface area contributed by atoms with Crippen LogP contribution in [0.3, 0.4) is 0 Å². The molecule has 14 nitrogen and oxygen atoms in total. The van der Waals surface area contributed by atoms with E-state index in [0.29, 0.717) is 13.1 Å². The van der Waals surface area contributed by atoms with Crippen LogP contribution in [0.15, 0.2) is 60.8 Å². The largest absolute Gasteiger partial charge is 0.453 e. The van der Waals surface area contributed by atoms with Gasteiger partial charge in [-0.3, -0.25) is 9.59 Å². The number of fused-ring (bicyclic) bond motifs is 2. The van der Waals surface area contributed by atoms with Gasteiger partial charge in [0, 0.05) is 18.7 Å². The molecule has 4 atom stereocenters. The second-order valence-corrected chi connectivity index (χ2v) is 15.1. The number of carbonyl (C=O) groups is 4. The third-order valence-corrected chi connectivity index (χ3v) is 10.8. The summed E-state index contributed by atoms with van der Waals surface area (Å²) >= 11 is 0. The van der Waals surface area contributed by atoms with E-state index in [1.54, 1.807) is 4.90 Å². The van der Waals surface area contributed by atoms with Gasteiger partial charge in [-0.1, -0.05) is 58.0 Å². The topological polar surface area (TPSA) is 175 Å². The van der Waals surface area contributed by atoms with Gasteiger partial charge in [-0.2, -0.15) is 0 Å². The molecule has 0 saturated carbocycles. The van der Waals surface area contributed by atoms with Crippen LogP contribution in [0.25, 0.3) is 44.2 Å². The van der Waals surface area contributed by atoms with Crippen LogP contribution in [-0.4, -0.2) is 93.1 Å². The van der Waals surface area contributed by atoms with Gasteiger partial charge in [-0.05, 0) is 77.3 Å². The van der Waals surface area contributed by atoms with Crippen molar-refractivity contribution in [3.63, 3.8) is 0 Å². The Labute approximate surface area is 319 Å². The molecular weight excluding hydrogens is 701 g/mol. The molecule has 2 aromatic heterocycles. The molecule has 1 unspecified atom stereocenters. The van der Waals surface area contributed by atoms with Crippen LogP contribution in [0.5, 0.6) is 0 Å². The van der Waals surface area contributed by atoms with Crippen molar-refractivity contribution in [1.82, 2.24) is 40.4 Å². The van der Waals surface area contributed by atoms with Crippen molar-refractivity contribution in [2.24, 2.45) is 11.8 Å². The smallest absolute Gasteiger partial charge is 0.407 e. The van der Waals surface area contributed by atoms with Gasteiger partial charge in [0.15, 0.2) is 0 Å². The predicted molar refractivity (Wildman–Crippen MR) is 208 cm³/mol. The second kappa shape index (κ2) is 15.4. The van der Waals surface area contributed by atoms with E-state index in [9.17, 15) is 19.2 Å². The maximum absolute atomic E-state index is 13.6. The fourth-order valence-electron chi connectivity index (χ4n) is 7.61. The summed E-state index contributed by atoms with van der Waals surface area (Å²) in [6.45, 7) is 8.77. The fourth-order valence-corrected chi connectivity index (χ4v) is 7.61. The molecule has 288 valence electrons. The summed E-state index contributed by atoms with van der Waals surface area (Å²) in [6.07, 6.45) is 2.96. The van der Waals surface area contributed by atoms with Gasteiger partial charge in [0.25, 0.3) is 0 Å². The van der Waals surface area contributed by atoms with E-state index in [1.165, 1.54) is 14.2 Å². The SMILES string of the molecule is COC(=O)N[C@H](C(=O)N1CCCC1c1ncc(-c2ccc3cc(-c4ccc5[nH]c([C@@H]6CCN6C(=O)[C@@H](NC(=O)OC)C(C)C)nc5c4)ccc3c2)[nH]1)C(C)C. The van der Waals surface area contributed by atoms with Gasteiger partial charge in [-0.15, -0.1) is 0 Å². The van der Waals surface area contributed by atoms with Gasteiger partial charge in [0.05, 0.1) is 49.2 Å². The Balaban J connectivity index is 1.06. The molecule has 5 aromatic rings. The van der Waals surface area contributed by atoms with Gasteiger partial charge < -0.3 is 39.9 Å². The Bertz CT molecular complexity index is 2240. The van der Waals surface area contributed by atoms with Gasteiger partial charge in [-0.25, -0.2) is 19.6 Å². The number of nitrogens with one attached hydrogen (secondary N) is 4. The summed E-state index contributed by atoms with van der Waals surface area (Å²) in [5.74, 6) is 0.945. The number of carbonyl (C=O) groups excluding carboxylic acids is 4. The quantitative estimate of drug-likeness (QED) is 0.126. The lowest BCUT2D eigenvalue weighted by atomic mass is 9.96. The average molecular weight is 749 g/mol. The first-order valence-corrected chi connectivity index (χ1v) is 18.8. The van der Waals surface area contributed by atoms with Crippen molar-refractivity contribution in [1.29, 1.82) is 0 Å². The number of aromatic amines is 2. The van der Waals surface area contributed by atoms with Crippen LogP contribution in [0.2, 0.25) is 0 Å². The first-order chi connectivity index (χ1) is 26.4. The predicted octanol–water partition coefficient (Wildman–Crippen LogP) is 6.47. The van der Waals surface area contributed by atoms with Crippen LogP contribution >= 0.6 is 0 Å². The molecule has 2 fully saturated rings. The number of likely N-dealkylation sites (tertiary alicyclic amines) is 2. The molecule has 55 heavy (non-hydrogen) atoms. The highest BCUT2D eigenvalue weighted by Gasteiger charge is 2.40. The normalized spacial score (nSPS) is 18.0. The number of hydrogen-bond donors (Lipinski definition) is 4. The van der Waals surface area contributed by atoms with Crippen molar-refractivity contribution < 1.29 is 28.7 Å². The molecule has 14 heteroatoms. The number of H-pyrrole nitrogens is 2. The van der Waals surface area contributed by atoms with Gasteiger partial charge >= 0.3 is 12.2 Å². The molecule has 0 bridgehead atoms. The Morgan fingerprint density at radius 1 is 0.709 bits per heavy atom. The van der Waals surface area contributed by atoms with Crippen molar-refractivity contribution in [3.8, 4) is 22.4 Å². The monoisotopic (exact) mass is 748 g/mol. The minimum Gasteiger partial charge on any atom is -0.453 e. The zero-order chi connectivity index (χ0) is 39.0. The lowest BCUT2D eigenvalue weighted by Gasteiger charge is -2.42. The zero-order valence-corrected chi connectivity index (χ0v) is 32.0. The van der Waals surface area contributed by atoms with E-state index in [-0.39, 0.29) is 35.7 Å². The number of imidazole rings is 2. The Morgan fingerprint density at radius 3 is 1.87 bits per heavy atom. The van der Waals surface area contributed by atoms with Crippen molar-refractivity contribution in [2.45, 2.75) is 71.1 Å². The van der Waals surface area contributed by atoms with Crippen LogP contribution < -0.4 is 10.6 Å². The number of amides is 4. The van der Waals surface area contributed by atoms with Gasteiger partial charge in [0.1, 0.15) is 23.7 Å². The average Bonchev–Trinajstić information content (AvgIpc) is 3.94. The number of nitrogens with zero attached hydrogens (tertiary/aromatic N) is 4. The number of alkyl carbamates (subject to hydrolysis) is 2. The summed E-state index contributed by atoms with van der Waals surface area (Å²) in [7, 11) is 2.58. The van der Waals surface area contributed by atoms with E-state index < -0.39 is 24.3 Å². The highest BCUT2D eigenvalue weighted by molar-refractivity contribution is 5.92. The Kier molecular flexibility index (Phi) is 10.5. The highest BCUT2D eigenvalue weighted by Crippen LogP contribution is 2.36. The number of benzene rings is 3. The van der Waals surface area contributed by atoms with Crippen LogP contribution in [0.4, 0.5) is 9.59 Å². The molecule has 4 heterocycles. The zero-order valence-electron chi connectivity index (χ0n) is 32.0. The van der Waals surface area contributed by atoms with E-state index in [4.69, 9.17) is 19.4 Å². The third kappa shape index (κ3) is 7.45. The van der Waals surface area contributed by atoms with Crippen LogP contribution in [-0.2, 0) is 19.1 Å². The fraction of sp³-hybridized carbons (Fsp3) is 0.415. The molecule has 0 radical (unpaired) electrons. The van der Waals surface area contributed by atoms with Crippen molar-refractivity contribution in [3.05, 3.63) is 72.4 Å². The Morgan fingerprint density at radius 2 is 1.27 bits per heavy atom. The molecule has 4 N–H and O–H groups in total. The lowest BCUT2D eigenvalue weighted by molar-refractivity contribution is -0.142. The molecule has 2 saturated heterocycles. The third-order valence-electron chi connectivity index (χ3n) is 10.8. The molecule has 0 spiro atoms. The molecule has 2 aliphatic heterocycles. The summed E-state index contributed by atoms with van der Waals surface area (Å²) in [5.41, 5.74) is 5.62. The lowest BCUT2D eigenvalue weighted by Crippen LogP contribution is -2.56.